The van der Waals surface area contributed by atoms with Gasteiger partial charge in [-0.05, 0) is 55.5 Å². The zero-order chi connectivity index (χ0) is 27.8. The van der Waals surface area contributed by atoms with Gasteiger partial charge >= 0.3 is 5.66 Å². The first-order valence-corrected chi connectivity index (χ1v) is 14.9. The molecule has 12 rings (SSSR count). The molecule has 0 saturated carbocycles. The maximum Gasteiger partial charge on any atom is 0.374 e. The van der Waals surface area contributed by atoms with Crippen molar-refractivity contribution < 1.29 is 13.9 Å². The number of para-hydroxylation sites is 1. The first kappa shape index (κ1) is 21.1. The van der Waals surface area contributed by atoms with Gasteiger partial charge in [0.05, 0.1) is 17.1 Å². The van der Waals surface area contributed by atoms with Gasteiger partial charge in [0.2, 0.25) is 5.52 Å². The van der Waals surface area contributed by atoms with E-state index in [4.69, 9.17) is 4.74 Å². The minimum Gasteiger partial charge on any atom is -0.456 e. The largest absolute Gasteiger partial charge is 0.456 e. The quantitative estimate of drug-likeness (QED) is 0.143. The van der Waals surface area contributed by atoms with Crippen LogP contribution in [0.15, 0.2) is 116 Å². The third-order valence-corrected chi connectivity index (χ3v) is 10.5. The molecule has 1 unspecified atom stereocenters. The van der Waals surface area contributed by atoms with Crippen molar-refractivity contribution in [2.75, 3.05) is 0 Å². The predicted octanol–water partition coefficient (Wildman–Crippen LogP) is 7.41. The highest BCUT2D eigenvalue weighted by atomic mass is 16.5. The summed E-state index contributed by atoms with van der Waals surface area (Å²) in [6.07, 6.45) is 4.54. The van der Waals surface area contributed by atoms with Gasteiger partial charge in [-0.1, -0.05) is 42.5 Å². The van der Waals surface area contributed by atoms with Gasteiger partial charge < -0.3 is 9.14 Å². The Bertz CT molecular complexity index is 2840. The molecule has 5 heteroatoms. The second kappa shape index (κ2) is 6.53. The number of ether oxygens (including phenoxy) is 1. The van der Waals surface area contributed by atoms with Crippen LogP contribution in [0.2, 0.25) is 0 Å². The van der Waals surface area contributed by atoms with Gasteiger partial charge in [0, 0.05) is 44.8 Å². The highest BCUT2D eigenvalue weighted by Crippen LogP contribution is 2.57. The van der Waals surface area contributed by atoms with Gasteiger partial charge in [0.15, 0.2) is 17.3 Å². The van der Waals surface area contributed by atoms with E-state index in [-0.39, 0.29) is 0 Å². The summed E-state index contributed by atoms with van der Waals surface area (Å²) >= 11 is 0. The number of nitrogens with zero attached hydrogens (tertiary/aromatic N) is 4. The van der Waals surface area contributed by atoms with Crippen molar-refractivity contribution in [3.8, 4) is 17.3 Å². The molecule has 9 aromatic rings. The van der Waals surface area contributed by atoms with Crippen molar-refractivity contribution in [3.05, 3.63) is 132 Å². The van der Waals surface area contributed by atoms with Crippen molar-refractivity contribution in [2.24, 2.45) is 0 Å². The molecule has 8 heterocycles. The molecule has 5 nitrogen and oxygen atoms in total. The molecule has 198 valence electrons. The van der Waals surface area contributed by atoms with Crippen LogP contribution in [0, 0.1) is 6.92 Å². The maximum absolute atomic E-state index is 6.93. The number of hydrogen-bond donors (Lipinski definition) is 0. The third kappa shape index (κ3) is 1.97. The van der Waals surface area contributed by atoms with Crippen LogP contribution in [0.1, 0.15) is 16.8 Å². The molecule has 3 aliphatic heterocycles. The second-order valence-corrected chi connectivity index (χ2v) is 12.2. The third-order valence-electron chi connectivity index (χ3n) is 10.5. The summed E-state index contributed by atoms with van der Waals surface area (Å²) in [4.78, 5) is 0. The molecule has 0 saturated heterocycles. The van der Waals surface area contributed by atoms with E-state index >= 15 is 0 Å². The van der Waals surface area contributed by atoms with E-state index in [1.54, 1.807) is 0 Å². The Morgan fingerprint density at radius 3 is 2.19 bits per heavy atom. The Labute approximate surface area is 244 Å². The van der Waals surface area contributed by atoms with Crippen LogP contribution in [-0.4, -0.2) is 8.97 Å². The number of pyridine rings is 3. The lowest BCUT2D eigenvalue weighted by molar-refractivity contribution is -0.956. The summed E-state index contributed by atoms with van der Waals surface area (Å²) in [6, 6.07) is 37.6. The molecule has 0 N–H and O–H groups in total. The molecule has 1 atom stereocenters. The lowest BCUT2D eigenvalue weighted by atomic mass is 9.83. The van der Waals surface area contributed by atoms with Gasteiger partial charge in [-0.2, -0.15) is 9.13 Å². The second-order valence-electron chi connectivity index (χ2n) is 12.2. The fraction of sp³-hybridized carbons (Fsp3) is 0.0526. The van der Waals surface area contributed by atoms with Crippen LogP contribution in [0.4, 0.5) is 0 Å². The Morgan fingerprint density at radius 1 is 0.581 bits per heavy atom. The summed E-state index contributed by atoms with van der Waals surface area (Å²) < 4.78 is 16.9. The van der Waals surface area contributed by atoms with E-state index in [2.05, 4.69) is 141 Å². The molecule has 0 aliphatic carbocycles. The average Bonchev–Trinajstić information content (AvgIpc) is 3.67. The number of fused-ring (bicyclic) bond motifs is 10. The van der Waals surface area contributed by atoms with E-state index in [1.807, 2.05) is 0 Å². The molecule has 3 aliphatic rings. The van der Waals surface area contributed by atoms with Gasteiger partial charge in [0.1, 0.15) is 28.1 Å². The first-order valence-electron chi connectivity index (χ1n) is 14.9. The molecule has 43 heavy (non-hydrogen) atoms. The number of rotatable bonds is 0. The summed E-state index contributed by atoms with van der Waals surface area (Å²) in [5.74, 6) is 2.98. The molecule has 0 amide bonds. The van der Waals surface area contributed by atoms with E-state index in [0.29, 0.717) is 0 Å². The van der Waals surface area contributed by atoms with Crippen molar-refractivity contribution in [1.29, 1.82) is 0 Å². The van der Waals surface area contributed by atoms with Crippen LogP contribution in [0.25, 0.3) is 65.7 Å². The molecular weight excluding hydrogens is 528 g/mol. The lowest BCUT2D eigenvalue weighted by Gasteiger charge is -2.34. The van der Waals surface area contributed by atoms with Crippen LogP contribution in [0.3, 0.4) is 0 Å². The average molecular weight is 551 g/mol. The number of aryl methyl sites for hydroxylation is 1. The van der Waals surface area contributed by atoms with E-state index in [0.717, 1.165) is 17.3 Å². The minimum atomic E-state index is -0.645. The smallest absolute Gasteiger partial charge is 0.374 e. The Kier molecular flexibility index (Phi) is 3.20. The number of benzene rings is 4. The van der Waals surface area contributed by atoms with Crippen molar-refractivity contribution in [3.63, 3.8) is 0 Å². The SMILES string of the molecule is Cc1c2ccccc2c2c3ccc4c5c3c3c(ccc[n+]3C53c5c(ccc6c7ccccc7n(c56)-c5cccc[n+]53)O4)n12. The van der Waals surface area contributed by atoms with Gasteiger partial charge in [-0.3, -0.25) is 0 Å². The van der Waals surface area contributed by atoms with E-state index in [9.17, 15) is 0 Å². The highest BCUT2D eigenvalue weighted by molar-refractivity contribution is 6.21. The summed E-state index contributed by atoms with van der Waals surface area (Å²) in [6.45, 7) is 2.25. The van der Waals surface area contributed by atoms with E-state index < -0.39 is 5.66 Å². The fourth-order valence-corrected chi connectivity index (χ4v) is 9.06. The molecule has 0 radical (unpaired) electrons. The van der Waals surface area contributed by atoms with Crippen LogP contribution in [-0.2, 0) is 5.66 Å². The monoisotopic (exact) mass is 550 g/mol. The van der Waals surface area contributed by atoms with Crippen LogP contribution < -0.4 is 13.9 Å². The van der Waals surface area contributed by atoms with Crippen molar-refractivity contribution >= 4 is 59.9 Å². The zero-order valence-corrected chi connectivity index (χ0v) is 23.2. The Balaban J connectivity index is 1.42. The topological polar surface area (TPSA) is 26.3 Å². The first-order chi connectivity index (χ1) is 21.3. The van der Waals surface area contributed by atoms with Gasteiger partial charge in [0.25, 0.3) is 5.82 Å². The maximum atomic E-state index is 6.93. The molecule has 4 aromatic carbocycles. The standard InChI is InChI=1S/C38H22N4O/c1-21-22-9-2-3-11-24(22)35-26-16-18-29-33-32(26)37-28(41(21)35)13-8-20-40(37)38(33)34-30(43-29)17-15-25-23-10-4-5-12-27(23)42(36(25)34)31-14-6-7-19-39(31)38/h2-20H,1H3/q+2. The number of aromatic nitrogens is 4. The number of hydrogen-bond acceptors (Lipinski definition) is 1. The molecule has 0 fully saturated rings. The summed E-state index contributed by atoms with van der Waals surface area (Å²) in [7, 11) is 0. The van der Waals surface area contributed by atoms with Crippen LogP contribution >= 0.6 is 0 Å². The minimum absolute atomic E-state index is 0.645. The van der Waals surface area contributed by atoms with Gasteiger partial charge in [-0.25, -0.2) is 0 Å². The predicted molar refractivity (Wildman–Crippen MR) is 167 cm³/mol. The molecule has 1 spiro atoms. The highest BCUT2D eigenvalue weighted by Gasteiger charge is 2.66. The van der Waals surface area contributed by atoms with Crippen molar-refractivity contribution in [1.82, 2.24) is 8.97 Å². The van der Waals surface area contributed by atoms with Gasteiger partial charge in [-0.15, -0.1) is 4.57 Å². The van der Waals surface area contributed by atoms with E-state index in [1.165, 1.54) is 76.7 Å². The van der Waals surface area contributed by atoms with Crippen molar-refractivity contribution in [2.45, 2.75) is 12.6 Å². The summed E-state index contributed by atoms with van der Waals surface area (Å²) in [5, 5.41) is 7.63. The van der Waals surface area contributed by atoms with Crippen LogP contribution in [0.5, 0.6) is 11.5 Å². The molecule has 0 bridgehead atoms. The Hall–Kier alpha value is -5.68. The lowest BCUT2D eigenvalue weighted by Crippen LogP contribution is -2.75. The normalized spacial score (nSPS) is 17.2. The fourth-order valence-electron chi connectivity index (χ4n) is 9.06. The zero-order valence-electron chi connectivity index (χ0n) is 23.2. The molecule has 5 aromatic heterocycles. The summed E-state index contributed by atoms with van der Waals surface area (Å²) in [5.41, 5.74) is 9.19. The molecular formula is C38H22N4O+2. The Morgan fingerprint density at radius 2 is 1.28 bits per heavy atom.